The van der Waals surface area contributed by atoms with Crippen LogP contribution >= 0.6 is 11.8 Å². The summed E-state index contributed by atoms with van der Waals surface area (Å²) in [5.41, 5.74) is 0. The van der Waals surface area contributed by atoms with Crippen molar-refractivity contribution in [3.05, 3.63) is 11.9 Å². The minimum absolute atomic E-state index is 0.888. The maximum atomic E-state index is 4.52. The largest absolute Gasteiger partial charge is 0.373 e. The number of rotatable bonds is 9. The van der Waals surface area contributed by atoms with E-state index in [9.17, 15) is 0 Å². The van der Waals surface area contributed by atoms with E-state index in [0.29, 0.717) is 0 Å². The van der Waals surface area contributed by atoms with Gasteiger partial charge in [-0.3, -0.25) is 0 Å². The Morgan fingerprint density at radius 1 is 1.22 bits per heavy atom. The quantitative estimate of drug-likeness (QED) is 0.674. The molecule has 1 rings (SSSR count). The van der Waals surface area contributed by atoms with Gasteiger partial charge < -0.3 is 10.6 Å². The molecule has 5 heteroatoms. The molecule has 1 heterocycles. The average molecular weight is 268 g/mol. The molecule has 0 radical (unpaired) electrons. The molecule has 2 N–H and O–H groups in total. The molecule has 18 heavy (non-hydrogen) atoms. The molecule has 0 aromatic carbocycles. The Kier molecular flexibility index (Phi) is 7.57. The summed E-state index contributed by atoms with van der Waals surface area (Å²) in [4.78, 5) is 8.95. The van der Waals surface area contributed by atoms with Crippen LogP contribution in [0.15, 0.2) is 6.07 Å². The van der Waals surface area contributed by atoms with Crippen LogP contribution in [0.5, 0.6) is 0 Å². The van der Waals surface area contributed by atoms with Gasteiger partial charge in [-0.2, -0.15) is 11.8 Å². The molecule has 1 aromatic rings. The second-order valence-corrected chi connectivity index (χ2v) is 5.43. The van der Waals surface area contributed by atoms with Crippen molar-refractivity contribution in [1.82, 2.24) is 9.97 Å². The van der Waals surface area contributed by atoms with Gasteiger partial charge in [-0.15, -0.1) is 0 Å². The lowest BCUT2D eigenvalue weighted by atomic mass is 10.3. The van der Waals surface area contributed by atoms with Gasteiger partial charge in [0, 0.05) is 26.1 Å². The highest BCUT2D eigenvalue weighted by molar-refractivity contribution is 7.99. The van der Waals surface area contributed by atoms with Gasteiger partial charge >= 0.3 is 0 Å². The van der Waals surface area contributed by atoms with Gasteiger partial charge in [0.05, 0.1) is 0 Å². The molecule has 102 valence electrons. The molecule has 0 atom stereocenters. The molecule has 0 unspecified atom stereocenters. The number of nitrogens with zero attached hydrogens (tertiary/aromatic N) is 2. The van der Waals surface area contributed by atoms with Gasteiger partial charge in [0.1, 0.15) is 17.5 Å². The Hall–Kier alpha value is -0.970. The summed E-state index contributed by atoms with van der Waals surface area (Å²) in [6, 6.07) is 1.96. The topological polar surface area (TPSA) is 49.8 Å². The van der Waals surface area contributed by atoms with Gasteiger partial charge in [0.2, 0.25) is 0 Å². The summed E-state index contributed by atoms with van der Waals surface area (Å²) >= 11 is 1.98. The van der Waals surface area contributed by atoms with E-state index in [1.807, 2.05) is 24.9 Å². The third-order valence-corrected chi connectivity index (χ3v) is 3.46. The van der Waals surface area contributed by atoms with Crippen molar-refractivity contribution >= 4 is 23.4 Å². The number of aryl methyl sites for hydroxylation is 1. The van der Waals surface area contributed by atoms with Crippen LogP contribution in [0, 0.1) is 0 Å². The molecule has 0 aliphatic carbocycles. The van der Waals surface area contributed by atoms with Crippen LogP contribution in [0.4, 0.5) is 11.6 Å². The van der Waals surface area contributed by atoms with Crippen LogP contribution in [-0.2, 0) is 6.42 Å². The minimum Gasteiger partial charge on any atom is -0.373 e. The van der Waals surface area contributed by atoms with E-state index in [1.165, 1.54) is 17.9 Å². The van der Waals surface area contributed by atoms with Crippen LogP contribution in [0.1, 0.15) is 32.5 Å². The third kappa shape index (κ3) is 5.58. The van der Waals surface area contributed by atoms with Gasteiger partial charge in [-0.1, -0.05) is 13.8 Å². The van der Waals surface area contributed by atoms with Gasteiger partial charge in [-0.25, -0.2) is 9.97 Å². The second kappa shape index (κ2) is 9.03. The summed E-state index contributed by atoms with van der Waals surface area (Å²) in [6.45, 7) is 5.31. The molecule has 4 nitrogen and oxygen atoms in total. The van der Waals surface area contributed by atoms with Crippen LogP contribution in [-0.4, -0.2) is 35.1 Å². The van der Waals surface area contributed by atoms with Crippen molar-refractivity contribution < 1.29 is 0 Å². The van der Waals surface area contributed by atoms with E-state index < -0.39 is 0 Å². The first-order valence-corrected chi connectivity index (χ1v) is 7.83. The fourth-order valence-electron chi connectivity index (χ4n) is 1.59. The second-order valence-electron chi connectivity index (χ2n) is 4.03. The van der Waals surface area contributed by atoms with E-state index in [4.69, 9.17) is 0 Å². The Morgan fingerprint density at radius 3 is 2.67 bits per heavy atom. The van der Waals surface area contributed by atoms with Crippen molar-refractivity contribution in [1.29, 1.82) is 0 Å². The molecular formula is C13H24N4S. The minimum atomic E-state index is 0.888. The standard InChI is InChI=1S/C13H24N4S/c1-4-7-11-16-12(14-3)10-13(17-11)15-8-6-9-18-5-2/h10H,4-9H2,1-3H3,(H2,14,15,16,17). The van der Waals surface area contributed by atoms with Crippen molar-refractivity contribution in [3.8, 4) is 0 Å². The normalized spacial score (nSPS) is 10.4. The van der Waals surface area contributed by atoms with Crippen LogP contribution in [0.3, 0.4) is 0 Å². The van der Waals surface area contributed by atoms with E-state index in [0.717, 1.165) is 36.8 Å². The Labute approximate surface area is 114 Å². The lowest BCUT2D eigenvalue weighted by Gasteiger charge is -2.09. The SMILES string of the molecule is CCCc1nc(NC)cc(NCCCSCC)n1. The monoisotopic (exact) mass is 268 g/mol. The zero-order chi connectivity index (χ0) is 13.2. The van der Waals surface area contributed by atoms with Crippen molar-refractivity contribution in [2.24, 2.45) is 0 Å². The molecule has 0 amide bonds. The molecule has 1 aromatic heterocycles. The molecule has 0 saturated heterocycles. The predicted molar refractivity (Wildman–Crippen MR) is 81.7 cm³/mol. The fraction of sp³-hybridized carbons (Fsp3) is 0.692. The maximum Gasteiger partial charge on any atom is 0.133 e. The number of nitrogens with one attached hydrogen (secondary N) is 2. The maximum absolute atomic E-state index is 4.52. The van der Waals surface area contributed by atoms with Crippen molar-refractivity contribution in [2.75, 3.05) is 35.7 Å². The molecule has 0 aliphatic heterocycles. The van der Waals surface area contributed by atoms with Crippen LogP contribution < -0.4 is 10.6 Å². The summed E-state index contributed by atoms with van der Waals surface area (Å²) < 4.78 is 0. The van der Waals surface area contributed by atoms with Crippen molar-refractivity contribution in [3.63, 3.8) is 0 Å². The lowest BCUT2D eigenvalue weighted by molar-refractivity contribution is 0.834. The molecule has 0 spiro atoms. The van der Waals surface area contributed by atoms with Crippen molar-refractivity contribution in [2.45, 2.75) is 33.1 Å². The summed E-state index contributed by atoms with van der Waals surface area (Å²) in [6.07, 6.45) is 3.16. The highest BCUT2D eigenvalue weighted by Gasteiger charge is 2.02. The van der Waals surface area contributed by atoms with E-state index in [2.05, 4.69) is 34.4 Å². The smallest absolute Gasteiger partial charge is 0.133 e. The van der Waals surface area contributed by atoms with Crippen LogP contribution in [0.2, 0.25) is 0 Å². The number of aromatic nitrogens is 2. The zero-order valence-corrected chi connectivity index (χ0v) is 12.4. The summed E-state index contributed by atoms with van der Waals surface area (Å²) in [5.74, 6) is 5.13. The predicted octanol–water partition coefficient (Wildman–Crippen LogP) is 3.03. The van der Waals surface area contributed by atoms with E-state index in [1.54, 1.807) is 0 Å². The number of hydrogen-bond acceptors (Lipinski definition) is 5. The number of hydrogen-bond donors (Lipinski definition) is 2. The highest BCUT2D eigenvalue weighted by atomic mass is 32.2. The number of thioether (sulfide) groups is 1. The third-order valence-electron chi connectivity index (χ3n) is 2.48. The fourth-order valence-corrected chi connectivity index (χ4v) is 2.22. The average Bonchev–Trinajstić information content (AvgIpc) is 2.38. The van der Waals surface area contributed by atoms with Gasteiger partial charge in [0.25, 0.3) is 0 Å². The lowest BCUT2D eigenvalue weighted by Crippen LogP contribution is -2.08. The highest BCUT2D eigenvalue weighted by Crippen LogP contribution is 2.12. The van der Waals surface area contributed by atoms with E-state index in [-0.39, 0.29) is 0 Å². The summed E-state index contributed by atoms with van der Waals surface area (Å²) in [5, 5.41) is 6.45. The summed E-state index contributed by atoms with van der Waals surface area (Å²) in [7, 11) is 1.89. The van der Waals surface area contributed by atoms with Crippen LogP contribution in [0.25, 0.3) is 0 Å². The molecule has 0 aliphatic rings. The molecule has 0 saturated carbocycles. The molecule has 0 fully saturated rings. The van der Waals surface area contributed by atoms with E-state index >= 15 is 0 Å². The molecular weight excluding hydrogens is 244 g/mol. The first kappa shape index (κ1) is 15.1. The first-order valence-electron chi connectivity index (χ1n) is 6.67. The molecule has 0 bridgehead atoms. The number of anilines is 2. The van der Waals surface area contributed by atoms with Gasteiger partial charge in [-0.05, 0) is 24.3 Å². The Morgan fingerprint density at radius 2 is 2.00 bits per heavy atom. The Bertz CT molecular complexity index is 344. The van der Waals surface area contributed by atoms with Gasteiger partial charge in [0.15, 0.2) is 0 Å². The zero-order valence-electron chi connectivity index (χ0n) is 11.6. The Balaban J connectivity index is 2.50. The first-order chi connectivity index (χ1) is 8.80.